The van der Waals surface area contributed by atoms with Crippen LogP contribution in [0.5, 0.6) is 5.75 Å². The van der Waals surface area contributed by atoms with E-state index < -0.39 is 5.79 Å². The lowest BCUT2D eigenvalue weighted by molar-refractivity contribution is -0.105. The summed E-state index contributed by atoms with van der Waals surface area (Å²) in [5.74, 6) is -0.865. The molecule has 1 aromatic carbocycles. The molecule has 0 heterocycles. The van der Waals surface area contributed by atoms with Crippen LogP contribution in [0, 0.1) is 4.91 Å². The lowest BCUT2D eigenvalue weighted by Gasteiger charge is -2.23. The zero-order valence-corrected chi connectivity index (χ0v) is 10.3. The molecule has 0 aromatic heterocycles. The van der Waals surface area contributed by atoms with Crippen LogP contribution in [-0.4, -0.2) is 17.4 Å². The van der Waals surface area contributed by atoms with E-state index in [-0.39, 0.29) is 12.5 Å². The Balaban J connectivity index is 3.07. The number of nitrogens with zero attached hydrogens (tertiary/aromatic N) is 1. The van der Waals surface area contributed by atoms with Crippen molar-refractivity contribution in [2.45, 2.75) is 32.5 Å². The summed E-state index contributed by atoms with van der Waals surface area (Å²) in [7, 11) is 0. The average molecular weight is 238 g/mol. The molecule has 0 radical (unpaired) electrons. The average Bonchev–Trinajstić information content (AvgIpc) is 2.19. The van der Waals surface area contributed by atoms with E-state index in [1.807, 2.05) is 6.92 Å². The summed E-state index contributed by atoms with van der Waals surface area (Å²) in [6.07, 6.45) is 0. The van der Waals surface area contributed by atoms with Crippen molar-refractivity contribution in [3.63, 3.8) is 0 Å². The molecular weight excluding hydrogens is 220 g/mol. The molecule has 0 aliphatic heterocycles. The standard InChI is InChI=1S/C12H18N2O3/c1-8(7-14-16)10-6-9(13)4-5-11(10)17-12(2,3)15/h4-6,8,15H,7,13H2,1-3H3/t8-/m0/s1. The second-order valence-corrected chi connectivity index (χ2v) is 4.56. The number of anilines is 1. The summed E-state index contributed by atoms with van der Waals surface area (Å²) in [4.78, 5) is 10.3. The Morgan fingerprint density at radius 2 is 2.18 bits per heavy atom. The molecular formula is C12H18N2O3. The molecule has 0 saturated carbocycles. The Morgan fingerprint density at radius 3 is 2.71 bits per heavy atom. The first kappa shape index (κ1) is 13.4. The van der Waals surface area contributed by atoms with E-state index in [1.54, 1.807) is 18.2 Å². The number of nitrogens with two attached hydrogens (primary N) is 1. The van der Waals surface area contributed by atoms with E-state index >= 15 is 0 Å². The number of hydrogen-bond donors (Lipinski definition) is 2. The summed E-state index contributed by atoms with van der Waals surface area (Å²) >= 11 is 0. The Kier molecular flexibility index (Phi) is 4.07. The van der Waals surface area contributed by atoms with Gasteiger partial charge >= 0.3 is 0 Å². The van der Waals surface area contributed by atoms with Gasteiger partial charge in [0, 0.05) is 31.0 Å². The molecule has 5 heteroatoms. The van der Waals surface area contributed by atoms with Gasteiger partial charge in [-0.25, -0.2) is 0 Å². The van der Waals surface area contributed by atoms with Crippen LogP contribution in [-0.2, 0) is 0 Å². The smallest absolute Gasteiger partial charge is 0.202 e. The van der Waals surface area contributed by atoms with Crippen molar-refractivity contribution in [3.8, 4) is 5.75 Å². The van der Waals surface area contributed by atoms with Crippen molar-refractivity contribution in [3.05, 3.63) is 28.7 Å². The van der Waals surface area contributed by atoms with Gasteiger partial charge in [-0.2, -0.15) is 4.91 Å². The predicted molar refractivity (Wildman–Crippen MR) is 66.9 cm³/mol. The molecule has 0 amide bonds. The lowest BCUT2D eigenvalue weighted by atomic mass is 9.99. The summed E-state index contributed by atoms with van der Waals surface area (Å²) in [5, 5.41) is 12.5. The molecule has 17 heavy (non-hydrogen) atoms. The summed E-state index contributed by atoms with van der Waals surface area (Å²) in [5.41, 5.74) is 7.05. The van der Waals surface area contributed by atoms with Gasteiger partial charge in [0.1, 0.15) is 5.75 Å². The fraction of sp³-hybridized carbons (Fsp3) is 0.500. The third kappa shape index (κ3) is 4.03. The van der Waals surface area contributed by atoms with Crippen molar-refractivity contribution in [2.24, 2.45) is 5.18 Å². The quantitative estimate of drug-likeness (QED) is 0.468. The predicted octanol–water partition coefficient (Wildman–Crippen LogP) is 2.25. The van der Waals surface area contributed by atoms with Gasteiger partial charge < -0.3 is 15.6 Å². The van der Waals surface area contributed by atoms with E-state index in [2.05, 4.69) is 5.18 Å². The molecule has 3 N–H and O–H groups in total. The number of benzene rings is 1. The van der Waals surface area contributed by atoms with Gasteiger partial charge in [0.25, 0.3) is 0 Å². The molecule has 1 aromatic rings. The van der Waals surface area contributed by atoms with Crippen molar-refractivity contribution in [1.82, 2.24) is 0 Å². The topological polar surface area (TPSA) is 84.9 Å². The maximum absolute atomic E-state index is 10.3. The highest BCUT2D eigenvalue weighted by molar-refractivity contribution is 5.49. The summed E-state index contributed by atoms with van der Waals surface area (Å²) < 4.78 is 5.41. The molecule has 1 rings (SSSR count). The molecule has 0 aliphatic rings. The Labute approximate surface area is 101 Å². The molecule has 0 saturated heterocycles. The maximum atomic E-state index is 10.3. The monoisotopic (exact) mass is 238 g/mol. The number of ether oxygens (including phenoxy) is 1. The zero-order chi connectivity index (χ0) is 13.1. The van der Waals surface area contributed by atoms with Gasteiger partial charge in [-0.1, -0.05) is 12.1 Å². The van der Waals surface area contributed by atoms with Gasteiger partial charge in [-0.05, 0) is 18.2 Å². The normalized spacial score (nSPS) is 13.2. The van der Waals surface area contributed by atoms with Crippen molar-refractivity contribution in [1.29, 1.82) is 0 Å². The van der Waals surface area contributed by atoms with Crippen LogP contribution in [0.1, 0.15) is 32.3 Å². The number of nitroso groups, excluding NO2 is 1. The highest BCUT2D eigenvalue weighted by Gasteiger charge is 2.19. The third-order valence-electron chi connectivity index (χ3n) is 2.27. The largest absolute Gasteiger partial charge is 0.463 e. The summed E-state index contributed by atoms with van der Waals surface area (Å²) in [6, 6.07) is 5.10. The van der Waals surface area contributed by atoms with E-state index in [0.717, 1.165) is 5.56 Å². The van der Waals surface area contributed by atoms with E-state index in [1.165, 1.54) is 13.8 Å². The van der Waals surface area contributed by atoms with Crippen LogP contribution in [0.3, 0.4) is 0 Å². The minimum Gasteiger partial charge on any atom is -0.463 e. The lowest BCUT2D eigenvalue weighted by Crippen LogP contribution is -2.27. The highest BCUT2D eigenvalue weighted by atomic mass is 16.6. The molecule has 0 spiro atoms. The maximum Gasteiger partial charge on any atom is 0.202 e. The number of nitrogen functional groups attached to an aromatic ring is 1. The SMILES string of the molecule is C[C@@H](CN=O)c1cc(N)ccc1OC(C)(C)O. The third-order valence-corrected chi connectivity index (χ3v) is 2.27. The van der Waals surface area contributed by atoms with Crippen molar-refractivity contribution < 1.29 is 9.84 Å². The first-order valence-electron chi connectivity index (χ1n) is 5.43. The minimum atomic E-state index is -1.28. The van der Waals surface area contributed by atoms with Crippen molar-refractivity contribution in [2.75, 3.05) is 12.3 Å². The van der Waals surface area contributed by atoms with Crippen LogP contribution < -0.4 is 10.5 Å². The van der Waals surface area contributed by atoms with Crippen LogP contribution in [0.2, 0.25) is 0 Å². The summed E-state index contributed by atoms with van der Waals surface area (Å²) in [6.45, 7) is 5.07. The zero-order valence-electron chi connectivity index (χ0n) is 10.3. The molecule has 0 aliphatic carbocycles. The van der Waals surface area contributed by atoms with Gasteiger partial charge in [0.15, 0.2) is 0 Å². The Bertz CT molecular complexity index is 399. The van der Waals surface area contributed by atoms with Gasteiger partial charge in [-0.15, -0.1) is 0 Å². The Hall–Kier alpha value is -1.62. The molecule has 0 bridgehead atoms. The van der Waals surface area contributed by atoms with Gasteiger partial charge in [0.05, 0.1) is 6.54 Å². The van der Waals surface area contributed by atoms with Crippen LogP contribution in [0.15, 0.2) is 23.4 Å². The minimum absolute atomic E-state index is 0.103. The number of rotatable bonds is 5. The van der Waals surface area contributed by atoms with E-state index in [0.29, 0.717) is 11.4 Å². The van der Waals surface area contributed by atoms with Gasteiger partial charge in [0.2, 0.25) is 5.79 Å². The number of aliphatic hydroxyl groups is 1. The van der Waals surface area contributed by atoms with Crippen LogP contribution in [0.25, 0.3) is 0 Å². The van der Waals surface area contributed by atoms with Crippen LogP contribution in [0.4, 0.5) is 5.69 Å². The second kappa shape index (κ2) is 5.14. The number of hydrogen-bond acceptors (Lipinski definition) is 5. The molecule has 1 atom stereocenters. The fourth-order valence-corrected chi connectivity index (χ4v) is 1.52. The van der Waals surface area contributed by atoms with Crippen LogP contribution >= 0.6 is 0 Å². The fourth-order valence-electron chi connectivity index (χ4n) is 1.52. The van der Waals surface area contributed by atoms with E-state index in [4.69, 9.17) is 10.5 Å². The molecule has 0 unspecified atom stereocenters. The Morgan fingerprint density at radius 1 is 1.53 bits per heavy atom. The van der Waals surface area contributed by atoms with Gasteiger partial charge in [-0.3, -0.25) is 0 Å². The van der Waals surface area contributed by atoms with E-state index in [9.17, 15) is 10.0 Å². The first-order valence-corrected chi connectivity index (χ1v) is 5.43. The second-order valence-electron chi connectivity index (χ2n) is 4.56. The molecule has 5 nitrogen and oxygen atoms in total. The molecule has 94 valence electrons. The molecule has 0 fully saturated rings. The highest BCUT2D eigenvalue weighted by Crippen LogP contribution is 2.31. The van der Waals surface area contributed by atoms with Crippen molar-refractivity contribution >= 4 is 5.69 Å². The first-order chi connectivity index (χ1) is 7.83.